The van der Waals surface area contributed by atoms with Gasteiger partial charge in [0.25, 0.3) is 0 Å². The molecule has 0 spiro atoms. The molecule has 1 aromatic rings. The molecule has 0 saturated carbocycles. The number of hydrogen-bond acceptors (Lipinski definition) is 3. The van der Waals surface area contributed by atoms with Crippen molar-refractivity contribution >= 4 is 23.4 Å². The molecule has 0 fully saturated rings. The van der Waals surface area contributed by atoms with E-state index in [-0.39, 0.29) is 0 Å². The van der Waals surface area contributed by atoms with Crippen LogP contribution >= 0.6 is 11.6 Å². The summed E-state index contributed by atoms with van der Waals surface area (Å²) in [5, 5.41) is 0.597. The molecule has 0 aliphatic rings. The summed E-state index contributed by atoms with van der Waals surface area (Å²) in [4.78, 5) is 13.8. The van der Waals surface area contributed by atoms with E-state index in [1.807, 2.05) is 6.92 Å². The van der Waals surface area contributed by atoms with Gasteiger partial charge in [-0.15, -0.1) is 0 Å². The first-order valence-electron chi connectivity index (χ1n) is 4.03. The highest BCUT2D eigenvalue weighted by atomic mass is 35.5. The van der Waals surface area contributed by atoms with Gasteiger partial charge in [-0.3, -0.25) is 0 Å². The Morgan fingerprint density at radius 2 is 2.14 bits per heavy atom. The van der Waals surface area contributed by atoms with E-state index >= 15 is 0 Å². The van der Waals surface area contributed by atoms with Crippen LogP contribution in [0.15, 0.2) is 11.1 Å². The van der Waals surface area contributed by atoms with Gasteiger partial charge in [0.2, 0.25) is 6.08 Å². The van der Waals surface area contributed by atoms with Crippen molar-refractivity contribution < 1.29 is 9.53 Å². The lowest BCUT2D eigenvalue weighted by molar-refractivity contribution is 0.415. The van der Waals surface area contributed by atoms with Crippen LogP contribution in [0.4, 0.5) is 5.69 Å². The fourth-order valence-corrected chi connectivity index (χ4v) is 1.40. The number of nitrogens with zero attached hydrogens (tertiary/aromatic N) is 1. The molecule has 74 valence electrons. The molecule has 1 aromatic carbocycles. The van der Waals surface area contributed by atoms with Crippen molar-refractivity contribution in [2.45, 2.75) is 13.8 Å². The molecule has 0 unspecified atom stereocenters. The molecule has 0 saturated heterocycles. The lowest BCUT2D eigenvalue weighted by Crippen LogP contribution is -1.89. The topological polar surface area (TPSA) is 38.7 Å². The zero-order chi connectivity index (χ0) is 10.7. The second kappa shape index (κ2) is 4.27. The van der Waals surface area contributed by atoms with Crippen molar-refractivity contribution in [1.29, 1.82) is 0 Å². The summed E-state index contributed by atoms with van der Waals surface area (Å²) in [7, 11) is 1.52. The summed E-state index contributed by atoms with van der Waals surface area (Å²) in [5.41, 5.74) is 2.07. The summed E-state index contributed by atoms with van der Waals surface area (Å²) in [6, 6.07) is 1.74. The first kappa shape index (κ1) is 10.8. The number of aliphatic imine (C=N–C) groups is 1. The molecule has 0 amide bonds. The molecule has 0 heterocycles. The van der Waals surface area contributed by atoms with Crippen LogP contribution in [0.2, 0.25) is 5.02 Å². The zero-order valence-corrected chi connectivity index (χ0v) is 8.97. The van der Waals surface area contributed by atoms with Gasteiger partial charge in [0.05, 0.1) is 7.11 Å². The van der Waals surface area contributed by atoms with Gasteiger partial charge in [-0.05, 0) is 31.0 Å². The van der Waals surface area contributed by atoms with Crippen molar-refractivity contribution in [1.82, 2.24) is 0 Å². The van der Waals surface area contributed by atoms with E-state index in [9.17, 15) is 4.79 Å². The highest BCUT2D eigenvalue weighted by molar-refractivity contribution is 6.32. The van der Waals surface area contributed by atoms with Crippen LogP contribution in [0.5, 0.6) is 5.75 Å². The maximum atomic E-state index is 10.2. The number of ether oxygens (including phenoxy) is 1. The summed E-state index contributed by atoms with van der Waals surface area (Å²) in [6.45, 7) is 3.65. The molecule has 0 aliphatic heterocycles. The predicted octanol–water partition coefficient (Wildman–Crippen LogP) is 2.93. The SMILES string of the molecule is COc1cc(C)c(Cl)c(C)c1N=C=O. The normalized spacial score (nSPS) is 9.43. The quantitative estimate of drug-likeness (QED) is 0.557. The number of hydrogen-bond donors (Lipinski definition) is 0. The second-order valence-corrected chi connectivity index (χ2v) is 3.26. The van der Waals surface area contributed by atoms with Gasteiger partial charge in [-0.25, -0.2) is 4.79 Å². The molecule has 0 aromatic heterocycles. The Kier molecular flexibility index (Phi) is 3.28. The molecule has 0 bridgehead atoms. The average Bonchev–Trinajstić information content (AvgIpc) is 2.19. The van der Waals surface area contributed by atoms with Crippen molar-refractivity contribution in [3.05, 3.63) is 22.2 Å². The van der Waals surface area contributed by atoms with Crippen molar-refractivity contribution in [3.8, 4) is 5.75 Å². The highest BCUT2D eigenvalue weighted by Gasteiger charge is 2.11. The second-order valence-electron chi connectivity index (χ2n) is 2.89. The highest BCUT2D eigenvalue weighted by Crippen LogP contribution is 2.37. The van der Waals surface area contributed by atoms with E-state index in [0.717, 1.165) is 11.1 Å². The predicted molar refractivity (Wildman–Crippen MR) is 55.3 cm³/mol. The molecular weight excluding hydrogens is 202 g/mol. The average molecular weight is 212 g/mol. The lowest BCUT2D eigenvalue weighted by Gasteiger charge is -2.10. The Labute approximate surface area is 87.4 Å². The third-order valence-electron chi connectivity index (χ3n) is 1.99. The van der Waals surface area contributed by atoms with Gasteiger partial charge in [0.1, 0.15) is 11.4 Å². The minimum atomic E-state index is 0.443. The molecule has 0 aliphatic carbocycles. The Hall–Kier alpha value is -1.31. The number of aryl methyl sites for hydroxylation is 1. The summed E-state index contributed by atoms with van der Waals surface area (Å²) >= 11 is 6.00. The van der Waals surface area contributed by atoms with Crippen molar-refractivity contribution in [3.63, 3.8) is 0 Å². The van der Waals surface area contributed by atoms with Crippen LogP contribution < -0.4 is 4.74 Å². The van der Waals surface area contributed by atoms with Crippen LogP contribution in [0.25, 0.3) is 0 Å². The number of halogens is 1. The Morgan fingerprint density at radius 1 is 1.50 bits per heavy atom. The van der Waals surface area contributed by atoms with Crippen LogP contribution in [-0.2, 0) is 4.79 Å². The smallest absolute Gasteiger partial charge is 0.240 e. The Bertz CT molecular complexity index is 409. The van der Waals surface area contributed by atoms with Crippen molar-refractivity contribution in [2.75, 3.05) is 7.11 Å². The summed E-state index contributed by atoms with van der Waals surface area (Å²) in [6.07, 6.45) is 1.48. The van der Waals surface area contributed by atoms with Crippen LogP contribution in [0, 0.1) is 13.8 Å². The van der Waals surface area contributed by atoms with Gasteiger partial charge in [-0.2, -0.15) is 4.99 Å². The maximum absolute atomic E-state index is 10.2. The molecule has 0 N–H and O–H groups in total. The standard InChI is InChI=1S/C10H10ClNO2/c1-6-4-8(14-3)10(12-5-13)7(2)9(6)11/h4H,1-3H3. The van der Waals surface area contributed by atoms with E-state index in [0.29, 0.717) is 16.5 Å². The Balaban J connectivity index is 3.52. The molecular formula is C10H10ClNO2. The zero-order valence-electron chi connectivity index (χ0n) is 8.22. The maximum Gasteiger partial charge on any atom is 0.240 e. The molecule has 4 heteroatoms. The third kappa shape index (κ3) is 1.79. The molecule has 14 heavy (non-hydrogen) atoms. The van der Waals surface area contributed by atoms with Crippen LogP contribution in [-0.4, -0.2) is 13.2 Å². The number of benzene rings is 1. The van der Waals surface area contributed by atoms with Gasteiger partial charge < -0.3 is 4.74 Å². The first-order valence-corrected chi connectivity index (χ1v) is 4.41. The van der Waals surface area contributed by atoms with E-state index in [2.05, 4.69) is 4.99 Å². The first-order chi connectivity index (χ1) is 6.61. The summed E-state index contributed by atoms with van der Waals surface area (Å²) in [5.74, 6) is 0.535. The van der Waals surface area contributed by atoms with E-state index in [4.69, 9.17) is 16.3 Å². The van der Waals surface area contributed by atoms with Gasteiger partial charge in [0, 0.05) is 5.02 Å². The Morgan fingerprint density at radius 3 is 2.64 bits per heavy atom. The summed E-state index contributed by atoms with van der Waals surface area (Å²) < 4.78 is 5.08. The van der Waals surface area contributed by atoms with Gasteiger partial charge >= 0.3 is 0 Å². The number of carbonyl (C=O) groups excluding carboxylic acids is 1. The molecule has 0 atom stereocenters. The fourth-order valence-electron chi connectivity index (χ4n) is 1.25. The van der Waals surface area contributed by atoms with Gasteiger partial charge in [0.15, 0.2) is 0 Å². The monoisotopic (exact) mass is 211 g/mol. The van der Waals surface area contributed by atoms with E-state index in [1.165, 1.54) is 13.2 Å². The third-order valence-corrected chi connectivity index (χ3v) is 2.57. The number of isocyanates is 1. The van der Waals surface area contributed by atoms with Crippen LogP contribution in [0.3, 0.4) is 0 Å². The molecule has 3 nitrogen and oxygen atoms in total. The molecule has 0 radical (unpaired) electrons. The largest absolute Gasteiger partial charge is 0.494 e. The van der Waals surface area contributed by atoms with Crippen LogP contribution in [0.1, 0.15) is 11.1 Å². The number of rotatable bonds is 2. The minimum absolute atomic E-state index is 0.443. The fraction of sp³-hybridized carbons (Fsp3) is 0.300. The lowest BCUT2D eigenvalue weighted by atomic mass is 10.1. The molecule has 1 rings (SSSR count). The van der Waals surface area contributed by atoms with E-state index < -0.39 is 0 Å². The number of methoxy groups -OCH3 is 1. The van der Waals surface area contributed by atoms with Gasteiger partial charge in [-0.1, -0.05) is 11.6 Å². The van der Waals surface area contributed by atoms with E-state index in [1.54, 1.807) is 13.0 Å². The minimum Gasteiger partial charge on any atom is -0.494 e. The van der Waals surface area contributed by atoms with Crippen molar-refractivity contribution in [2.24, 2.45) is 4.99 Å².